The highest BCUT2D eigenvalue weighted by molar-refractivity contribution is 6.19. The van der Waals surface area contributed by atoms with Crippen molar-refractivity contribution >= 4 is 17.4 Å². The van der Waals surface area contributed by atoms with Crippen LogP contribution >= 0.6 is 11.6 Å². The lowest BCUT2D eigenvalue weighted by molar-refractivity contribution is 0.333. The highest BCUT2D eigenvalue weighted by atomic mass is 35.5. The number of halogens is 1. The Bertz CT molecular complexity index is 264. The molecule has 0 aromatic heterocycles. The van der Waals surface area contributed by atoms with Crippen LogP contribution in [0, 0.1) is 5.92 Å². The molecule has 2 aliphatic rings. The van der Waals surface area contributed by atoms with Crippen LogP contribution in [0.1, 0.15) is 26.2 Å². The van der Waals surface area contributed by atoms with Crippen molar-refractivity contribution in [2.45, 2.75) is 26.2 Å². The van der Waals surface area contributed by atoms with Crippen molar-refractivity contribution in [1.82, 2.24) is 4.90 Å². The maximum absolute atomic E-state index is 5.78. The zero-order valence-corrected chi connectivity index (χ0v) is 9.43. The van der Waals surface area contributed by atoms with Crippen LogP contribution < -0.4 is 0 Å². The molecule has 0 radical (unpaired) electrons. The molecule has 0 amide bonds. The molecule has 2 rings (SSSR count). The van der Waals surface area contributed by atoms with E-state index >= 15 is 0 Å². The van der Waals surface area contributed by atoms with Crippen molar-refractivity contribution < 1.29 is 0 Å². The minimum atomic E-state index is 0.460. The molecule has 2 nitrogen and oxygen atoms in total. The van der Waals surface area contributed by atoms with E-state index in [1.54, 1.807) is 0 Å². The average Bonchev–Trinajstić information content (AvgIpc) is 2.61. The fourth-order valence-electron chi connectivity index (χ4n) is 2.21. The Labute approximate surface area is 90.6 Å². The molecule has 0 bridgehead atoms. The molecular formula is C11H17ClN2. The Morgan fingerprint density at radius 3 is 2.71 bits per heavy atom. The highest BCUT2D eigenvalue weighted by Gasteiger charge is 2.23. The number of alkyl halides is 1. The van der Waals surface area contributed by atoms with E-state index in [1.165, 1.54) is 38.2 Å². The van der Waals surface area contributed by atoms with Crippen LogP contribution in [0.4, 0.5) is 0 Å². The predicted octanol–water partition coefficient (Wildman–Crippen LogP) is 2.64. The minimum absolute atomic E-state index is 0.460. The number of nitrogens with zero attached hydrogens (tertiary/aromatic N) is 2. The summed E-state index contributed by atoms with van der Waals surface area (Å²) in [6.45, 7) is 4.55. The van der Waals surface area contributed by atoms with Crippen LogP contribution in [0.2, 0.25) is 0 Å². The largest absolute Gasteiger partial charge is 0.360 e. The summed E-state index contributed by atoms with van der Waals surface area (Å²) in [6.07, 6.45) is 6.16. The predicted molar refractivity (Wildman–Crippen MR) is 60.8 cm³/mol. The maximum atomic E-state index is 5.78. The fourth-order valence-corrected chi connectivity index (χ4v) is 2.35. The average molecular weight is 213 g/mol. The van der Waals surface area contributed by atoms with Crippen LogP contribution in [-0.2, 0) is 0 Å². The topological polar surface area (TPSA) is 15.6 Å². The molecule has 0 spiro atoms. The first kappa shape index (κ1) is 10.0. The molecule has 2 heterocycles. The summed E-state index contributed by atoms with van der Waals surface area (Å²) in [6, 6.07) is 0. The van der Waals surface area contributed by atoms with Gasteiger partial charge in [-0.3, -0.25) is 0 Å². The molecule has 78 valence electrons. The first-order valence-electron chi connectivity index (χ1n) is 5.41. The smallest absolute Gasteiger partial charge is 0.111 e. The van der Waals surface area contributed by atoms with E-state index < -0.39 is 0 Å². The van der Waals surface area contributed by atoms with Gasteiger partial charge in [-0.25, -0.2) is 4.99 Å². The standard InChI is InChI=1S/C11H17ClN2/c1-9-7-10(8-12)13-11(9)14-5-3-2-4-6-14/h7,9H,2-6,8H2,1H3. The third-order valence-corrected chi connectivity index (χ3v) is 3.20. The number of likely N-dealkylation sites (tertiary alicyclic amines) is 1. The van der Waals surface area contributed by atoms with E-state index in [0.717, 1.165) is 5.70 Å². The number of piperidine rings is 1. The third kappa shape index (κ3) is 1.95. The summed E-state index contributed by atoms with van der Waals surface area (Å²) in [5, 5.41) is 0. The fraction of sp³-hybridized carbons (Fsp3) is 0.727. The Hall–Kier alpha value is -0.500. The van der Waals surface area contributed by atoms with E-state index in [-0.39, 0.29) is 0 Å². The van der Waals surface area contributed by atoms with Gasteiger partial charge in [0.25, 0.3) is 0 Å². The van der Waals surface area contributed by atoms with Crippen LogP contribution in [0.25, 0.3) is 0 Å². The van der Waals surface area contributed by atoms with Gasteiger partial charge in [-0.2, -0.15) is 0 Å². The number of aliphatic imine (C=N–C) groups is 1. The van der Waals surface area contributed by atoms with Crippen molar-refractivity contribution in [2.75, 3.05) is 19.0 Å². The summed E-state index contributed by atoms with van der Waals surface area (Å²) in [7, 11) is 0. The van der Waals surface area contributed by atoms with Crippen LogP contribution in [0.15, 0.2) is 16.8 Å². The van der Waals surface area contributed by atoms with Gasteiger partial charge in [0, 0.05) is 19.0 Å². The SMILES string of the molecule is CC1C=C(CCl)N=C1N1CCCCC1. The monoisotopic (exact) mass is 212 g/mol. The van der Waals surface area contributed by atoms with Gasteiger partial charge < -0.3 is 4.90 Å². The number of hydrogen-bond acceptors (Lipinski definition) is 2. The van der Waals surface area contributed by atoms with E-state index in [0.29, 0.717) is 11.8 Å². The van der Waals surface area contributed by atoms with Gasteiger partial charge >= 0.3 is 0 Å². The Morgan fingerprint density at radius 1 is 1.43 bits per heavy atom. The Morgan fingerprint density at radius 2 is 2.14 bits per heavy atom. The number of hydrogen-bond donors (Lipinski definition) is 0. The lowest BCUT2D eigenvalue weighted by atomic mass is 10.1. The van der Waals surface area contributed by atoms with E-state index in [1.807, 2.05) is 0 Å². The molecule has 2 aliphatic heterocycles. The molecule has 0 aromatic carbocycles. The van der Waals surface area contributed by atoms with E-state index in [2.05, 4.69) is 22.9 Å². The second-order valence-corrected chi connectivity index (χ2v) is 4.37. The van der Waals surface area contributed by atoms with Gasteiger partial charge in [-0.1, -0.05) is 13.0 Å². The zero-order chi connectivity index (χ0) is 9.97. The summed E-state index contributed by atoms with van der Waals surface area (Å²) in [5.74, 6) is 2.24. The van der Waals surface area contributed by atoms with E-state index in [9.17, 15) is 0 Å². The second kappa shape index (κ2) is 4.35. The van der Waals surface area contributed by atoms with Gasteiger partial charge in [0.1, 0.15) is 5.84 Å². The van der Waals surface area contributed by atoms with Crippen molar-refractivity contribution in [3.05, 3.63) is 11.8 Å². The Balaban J connectivity index is 2.04. The highest BCUT2D eigenvalue weighted by Crippen LogP contribution is 2.22. The molecule has 1 fully saturated rings. The molecule has 3 heteroatoms. The molecule has 0 aliphatic carbocycles. The van der Waals surface area contributed by atoms with Gasteiger partial charge in [-0.15, -0.1) is 11.6 Å². The van der Waals surface area contributed by atoms with Gasteiger partial charge in [0.05, 0.1) is 11.6 Å². The first-order valence-corrected chi connectivity index (χ1v) is 5.95. The molecular weight excluding hydrogens is 196 g/mol. The molecule has 1 saturated heterocycles. The van der Waals surface area contributed by atoms with Crippen LogP contribution in [0.5, 0.6) is 0 Å². The lowest BCUT2D eigenvalue weighted by Crippen LogP contribution is -2.37. The van der Waals surface area contributed by atoms with Crippen LogP contribution in [-0.4, -0.2) is 29.7 Å². The third-order valence-electron chi connectivity index (χ3n) is 2.92. The van der Waals surface area contributed by atoms with E-state index in [4.69, 9.17) is 11.6 Å². The van der Waals surface area contributed by atoms with Crippen molar-refractivity contribution in [3.63, 3.8) is 0 Å². The normalized spacial score (nSPS) is 27.6. The molecule has 14 heavy (non-hydrogen) atoms. The van der Waals surface area contributed by atoms with Gasteiger partial charge in [-0.05, 0) is 19.3 Å². The molecule has 1 unspecified atom stereocenters. The lowest BCUT2D eigenvalue weighted by Gasteiger charge is -2.30. The van der Waals surface area contributed by atoms with Crippen molar-refractivity contribution in [3.8, 4) is 0 Å². The first-order chi connectivity index (χ1) is 6.81. The summed E-state index contributed by atoms with van der Waals surface area (Å²) < 4.78 is 0. The number of rotatable bonds is 1. The number of allylic oxidation sites excluding steroid dienone is 1. The zero-order valence-electron chi connectivity index (χ0n) is 8.67. The summed E-state index contributed by atoms with van der Waals surface area (Å²) in [5.41, 5.74) is 1.04. The van der Waals surface area contributed by atoms with Crippen molar-refractivity contribution in [2.24, 2.45) is 10.9 Å². The van der Waals surface area contributed by atoms with Gasteiger partial charge in [0.15, 0.2) is 0 Å². The van der Waals surface area contributed by atoms with Crippen molar-refractivity contribution in [1.29, 1.82) is 0 Å². The van der Waals surface area contributed by atoms with Crippen LogP contribution in [0.3, 0.4) is 0 Å². The quantitative estimate of drug-likeness (QED) is 0.611. The second-order valence-electron chi connectivity index (χ2n) is 4.10. The Kier molecular flexibility index (Phi) is 3.12. The number of amidine groups is 1. The maximum Gasteiger partial charge on any atom is 0.111 e. The summed E-state index contributed by atoms with van der Waals surface area (Å²) >= 11 is 5.78. The molecule has 0 aromatic rings. The molecule has 1 atom stereocenters. The minimum Gasteiger partial charge on any atom is -0.360 e. The molecule has 0 saturated carbocycles. The van der Waals surface area contributed by atoms with Gasteiger partial charge in [0.2, 0.25) is 0 Å². The molecule has 0 N–H and O–H groups in total. The summed E-state index contributed by atoms with van der Waals surface area (Å²) in [4.78, 5) is 7.00.